The SMILES string of the molecule is Cc1ccc([N+](=O)[O-])cc1S(=O)(=O)Nc1cnn(-c2ccccc2Cl)c1. The summed E-state index contributed by atoms with van der Waals surface area (Å²) in [4.78, 5) is 10.1. The predicted octanol–water partition coefficient (Wildman–Crippen LogP) is 3.54. The fourth-order valence-corrected chi connectivity index (χ4v) is 3.86. The van der Waals surface area contributed by atoms with Crippen LogP contribution in [0.4, 0.5) is 11.4 Å². The van der Waals surface area contributed by atoms with Crippen molar-refractivity contribution in [3.63, 3.8) is 0 Å². The maximum Gasteiger partial charge on any atom is 0.270 e. The number of benzene rings is 2. The number of nitrogens with zero attached hydrogens (tertiary/aromatic N) is 3. The molecule has 2 aromatic carbocycles. The quantitative estimate of drug-likeness (QED) is 0.527. The summed E-state index contributed by atoms with van der Waals surface area (Å²) in [5.74, 6) is 0. The molecule has 10 heteroatoms. The molecule has 0 atom stereocenters. The Morgan fingerprint density at radius 1 is 1.23 bits per heavy atom. The second-order valence-electron chi connectivity index (χ2n) is 5.44. The van der Waals surface area contributed by atoms with E-state index in [1.54, 1.807) is 31.2 Å². The first-order valence-electron chi connectivity index (χ1n) is 7.35. The Labute approximate surface area is 154 Å². The van der Waals surface area contributed by atoms with E-state index in [0.717, 1.165) is 6.07 Å². The molecule has 0 amide bonds. The van der Waals surface area contributed by atoms with Crippen molar-refractivity contribution in [2.24, 2.45) is 0 Å². The van der Waals surface area contributed by atoms with Gasteiger partial charge in [0.25, 0.3) is 15.7 Å². The number of anilines is 1. The van der Waals surface area contributed by atoms with Crippen LogP contribution in [-0.4, -0.2) is 23.1 Å². The number of para-hydroxylation sites is 1. The summed E-state index contributed by atoms with van der Waals surface area (Å²) in [5, 5.41) is 15.5. The Bertz CT molecular complexity index is 1100. The van der Waals surface area contributed by atoms with Gasteiger partial charge >= 0.3 is 0 Å². The molecule has 0 aliphatic carbocycles. The monoisotopic (exact) mass is 392 g/mol. The molecule has 0 fully saturated rings. The Hall–Kier alpha value is -2.91. The summed E-state index contributed by atoms with van der Waals surface area (Å²) in [6.07, 6.45) is 2.79. The van der Waals surface area contributed by atoms with Crippen LogP contribution in [0.1, 0.15) is 5.56 Å². The first-order valence-corrected chi connectivity index (χ1v) is 9.21. The zero-order valence-electron chi connectivity index (χ0n) is 13.5. The Morgan fingerprint density at radius 3 is 2.65 bits per heavy atom. The minimum atomic E-state index is -4.02. The van der Waals surface area contributed by atoms with Crippen molar-refractivity contribution in [2.75, 3.05) is 4.72 Å². The number of non-ortho nitro benzene ring substituents is 1. The van der Waals surface area contributed by atoms with Crippen molar-refractivity contribution in [1.29, 1.82) is 0 Å². The Morgan fingerprint density at radius 2 is 1.96 bits per heavy atom. The zero-order valence-corrected chi connectivity index (χ0v) is 15.0. The highest BCUT2D eigenvalue weighted by atomic mass is 35.5. The molecule has 0 unspecified atom stereocenters. The van der Waals surface area contributed by atoms with Gasteiger partial charge in [-0.1, -0.05) is 29.8 Å². The molecule has 0 radical (unpaired) electrons. The topological polar surface area (TPSA) is 107 Å². The molecule has 134 valence electrons. The lowest BCUT2D eigenvalue weighted by molar-refractivity contribution is -0.385. The largest absolute Gasteiger partial charge is 0.276 e. The fourth-order valence-electron chi connectivity index (χ4n) is 2.35. The average Bonchev–Trinajstić information content (AvgIpc) is 3.02. The molecule has 26 heavy (non-hydrogen) atoms. The molecule has 1 aromatic heterocycles. The summed E-state index contributed by atoms with van der Waals surface area (Å²) in [6, 6.07) is 10.6. The summed E-state index contributed by atoms with van der Waals surface area (Å²) in [5.41, 5.74) is 0.881. The highest BCUT2D eigenvalue weighted by Gasteiger charge is 2.21. The van der Waals surface area contributed by atoms with Crippen LogP contribution in [0.3, 0.4) is 0 Å². The van der Waals surface area contributed by atoms with E-state index in [4.69, 9.17) is 11.6 Å². The summed E-state index contributed by atoms with van der Waals surface area (Å²) in [6.45, 7) is 1.56. The molecular weight excluding hydrogens is 380 g/mol. The van der Waals surface area contributed by atoms with Gasteiger partial charge < -0.3 is 0 Å². The number of hydrogen-bond donors (Lipinski definition) is 1. The number of sulfonamides is 1. The third-order valence-electron chi connectivity index (χ3n) is 3.61. The summed E-state index contributed by atoms with van der Waals surface area (Å²) in [7, 11) is -4.02. The zero-order chi connectivity index (χ0) is 18.9. The maximum absolute atomic E-state index is 12.6. The number of rotatable bonds is 5. The van der Waals surface area contributed by atoms with E-state index >= 15 is 0 Å². The molecule has 0 saturated carbocycles. The lowest BCUT2D eigenvalue weighted by Gasteiger charge is -2.08. The van der Waals surface area contributed by atoms with Crippen LogP contribution in [-0.2, 0) is 10.0 Å². The van der Waals surface area contributed by atoms with Crippen molar-refractivity contribution < 1.29 is 13.3 Å². The number of nitro groups is 1. The first kappa shape index (κ1) is 17.9. The van der Waals surface area contributed by atoms with Crippen molar-refractivity contribution in [2.45, 2.75) is 11.8 Å². The molecule has 3 rings (SSSR count). The number of aryl methyl sites for hydroxylation is 1. The molecule has 1 N–H and O–H groups in total. The minimum absolute atomic E-state index is 0.169. The molecule has 0 bridgehead atoms. The van der Waals surface area contributed by atoms with E-state index in [1.807, 2.05) is 0 Å². The van der Waals surface area contributed by atoms with Crippen molar-refractivity contribution in [1.82, 2.24) is 9.78 Å². The molecule has 3 aromatic rings. The molecule has 8 nitrogen and oxygen atoms in total. The predicted molar refractivity (Wildman–Crippen MR) is 97.2 cm³/mol. The van der Waals surface area contributed by atoms with Gasteiger partial charge in [-0.15, -0.1) is 0 Å². The number of nitrogens with one attached hydrogen (secondary N) is 1. The summed E-state index contributed by atoms with van der Waals surface area (Å²) >= 11 is 6.10. The van der Waals surface area contributed by atoms with Crippen LogP contribution in [0.2, 0.25) is 5.02 Å². The highest BCUT2D eigenvalue weighted by molar-refractivity contribution is 7.92. The van der Waals surface area contributed by atoms with Crippen LogP contribution in [0.25, 0.3) is 5.69 Å². The number of aromatic nitrogens is 2. The number of hydrogen-bond acceptors (Lipinski definition) is 5. The standard InChI is InChI=1S/C16H13ClN4O4S/c1-11-6-7-13(21(22)23)8-16(11)26(24,25)19-12-9-18-20(10-12)15-5-3-2-4-14(15)17/h2-10,19H,1H3. The number of nitro benzene ring substituents is 1. The molecule has 0 saturated heterocycles. The van der Waals surface area contributed by atoms with E-state index in [-0.39, 0.29) is 16.3 Å². The van der Waals surface area contributed by atoms with E-state index in [9.17, 15) is 18.5 Å². The molecular formula is C16H13ClN4O4S. The van der Waals surface area contributed by atoms with Crippen LogP contribution < -0.4 is 4.72 Å². The molecule has 0 aliphatic heterocycles. The van der Waals surface area contributed by atoms with Crippen LogP contribution in [0.15, 0.2) is 59.8 Å². The number of halogens is 1. The average molecular weight is 393 g/mol. The minimum Gasteiger partial charge on any atom is -0.276 e. The van der Waals surface area contributed by atoms with Gasteiger partial charge in [-0.25, -0.2) is 13.1 Å². The summed E-state index contributed by atoms with van der Waals surface area (Å²) < 4.78 is 29.0. The van der Waals surface area contributed by atoms with Gasteiger partial charge in [-0.2, -0.15) is 5.10 Å². The van der Waals surface area contributed by atoms with Gasteiger partial charge in [-0.05, 0) is 24.6 Å². The van der Waals surface area contributed by atoms with Gasteiger partial charge in [0.2, 0.25) is 0 Å². The second kappa shape index (κ2) is 6.77. The van der Waals surface area contributed by atoms with E-state index in [1.165, 1.54) is 29.2 Å². The van der Waals surface area contributed by atoms with Crippen LogP contribution in [0, 0.1) is 17.0 Å². The van der Waals surface area contributed by atoms with Crippen LogP contribution >= 0.6 is 11.6 Å². The second-order valence-corrected chi connectivity index (χ2v) is 7.50. The van der Waals surface area contributed by atoms with Crippen molar-refractivity contribution in [3.8, 4) is 5.69 Å². The third kappa shape index (κ3) is 3.53. The smallest absolute Gasteiger partial charge is 0.270 e. The van der Waals surface area contributed by atoms with Crippen molar-refractivity contribution >= 4 is 33.0 Å². The molecule has 0 spiro atoms. The Kier molecular flexibility index (Phi) is 4.66. The van der Waals surface area contributed by atoms with Gasteiger partial charge in [0.1, 0.15) is 0 Å². The highest BCUT2D eigenvalue weighted by Crippen LogP contribution is 2.25. The lowest BCUT2D eigenvalue weighted by Crippen LogP contribution is -2.14. The Balaban J connectivity index is 1.93. The van der Waals surface area contributed by atoms with Crippen molar-refractivity contribution in [3.05, 3.63) is 75.6 Å². The van der Waals surface area contributed by atoms with E-state index < -0.39 is 14.9 Å². The third-order valence-corrected chi connectivity index (χ3v) is 5.45. The van der Waals surface area contributed by atoms with E-state index in [2.05, 4.69) is 9.82 Å². The van der Waals surface area contributed by atoms with Gasteiger partial charge in [0.05, 0.1) is 38.6 Å². The lowest BCUT2D eigenvalue weighted by atomic mass is 10.2. The maximum atomic E-state index is 12.6. The van der Waals surface area contributed by atoms with E-state index in [0.29, 0.717) is 16.3 Å². The normalized spacial score (nSPS) is 11.3. The van der Waals surface area contributed by atoms with Gasteiger partial charge in [-0.3, -0.25) is 14.8 Å². The fraction of sp³-hybridized carbons (Fsp3) is 0.0625. The first-order chi connectivity index (χ1) is 12.3. The van der Waals surface area contributed by atoms with Gasteiger partial charge in [0.15, 0.2) is 0 Å². The van der Waals surface area contributed by atoms with Gasteiger partial charge in [0, 0.05) is 12.1 Å². The molecule has 1 heterocycles. The molecule has 0 aliphatic rings. The van der Waals surface area contributed by atoms with Crippen LogP contribution in [0.5, 0.6) is 0 Å².